The number of carbonyl (C=O) groups excluding carboxylic acids is 1. The number of rotatable bonds is 11. The van der Waals surface area contributed by atoms with Gasteiger partial charge in [-0.2, -0.15) is 0 Å². The first-order valence-corrected chi connectivity index (χ1v) is 9.58. The normalized spacial score (nSPS) is 16.0. The van der Waals surface area contributed by atoms with Crippen LogP contribution in [0.3, 0.4) is 0 Å². The predicted molar refractivity (Wildman–Crippen MR) is 99.3 cm³/mol. The fraction of sp³-hybridized carbons (Fsp3) is 0.889. The van der Waals surface area contributed by atoms with Crippen molar-refractivity contribution in [2.75, 3.05) is 39.9 Å². The highest BCUT2D eigenvalue weighted by Crippen LogP contribution is 2.23. The number of carbonyl (C=O) groups is 1. The largest absolute Gasteiger partial charge is 0.381 e. The lowest BCUT2D eigenvalue weighted by atomic mass is 9.89. The van der Waals surface area contributed by atoms with Gasteiger partial charge in [0.2, 0.25) is 5.91 Å². The van der Waals surface area contributed by atoms with Gasteiger partial charge in [0, 0.05) is 45.8 Å². The van der Waals surface area contributed by atoms with E-state index in [9.17, 15) is 4.79 Å². The number of nitrogens with zero attached hydrogens (tertiary/aromatic N) is 1. The van der Waals surface area contributed by atoms with E-state index in [-0.39, 0.29) is 11.8 Å². The maximum atomic E-state index is 12.0. The Kier molecular flexibility index (Phi) is 12.2. The Morgan fingerprint density at radius 2 is 1.67 bits per heavy atom. The maximum absolute atomic E-state index is 12.0. The zero-order valence-electron chi connectivity index (χ0n) is 15.5. The molecule has 0 atom stereocenters. The molecule has 0 aliphatic heterocycles. The van der Waals surface area contributed by atoms with Crippen LogP contribution in [0, 0.1) is 5.92 Å². The van der Waals surface area contributed by atoms with Crippen molar-refractivity contribution in [3.05, 3.63) is 0 Å². The molecule has 1 saturated carbocycles. The molecule has 0 unspecified atom stereocenters. The second-order valence-electron chi connectivity index (χ2n) is 6.37. The molecule has 1 rings (SSSR count). The van der Waals surface area contributed by atoms with E-state index in [1.807, 2.05) is 0 Å². The van der Waals surface area contributed by atoms with E-state index in [1.165, 1.54) is 25.7 Å². The summed E-state index contributed by atoms with van der Waals surface area (Å²) in [6, 6.07) is 0. The first-order valence-electron chi connectivity index (χ1n) is 9.58. The van der Waals surface area contributed by atoms with Crippen molar-refractivity contribution in [3.8, 4) is 0 Å². The van der Waals surface area contributed by atoms with Crippen molar-refractivity contribution >= 4 is 11.9 Å². The minimum Gasteiger partial charge on any atom is -0.381 e. The lowest BCUT2D eigenvalue weighted by Crippen LogP contribution is -2.43. The van der Waals surface area contributed by atoms with Crippen molar-refractivity contribution in [3.63, 3.8) is 0 Å². The molecular formula is C18H36N4O2. The van der Waals surface area contributed by atoms with Gasteiger partial charge in [0.1, 0.15) is 0 Å². The van der Waals surface area contributed by atoms with Crippen molar-refractivity contribution in [1.82, 2.24) is 16.0 Å². The van der Waals surface area contributed by atoms with Crippen molar-refractivity contribution in [2.45, 2.75) is 58.3 Å². The fourth-order valence-corrected chi connectivity index (χ4v) is 2.83. The number of hydrogen-bond donors (Lipinski definition) is 3. The lowest BCUT2D eigenvalue weighted by molar-refractivity contribution is -0.125. The molecular weight excluding hydrogens is 304 g/mol. The molecule has 140 valence electrons. The van der Waals surface area contributed by atoms with Crippen molar-refractivity contribution in [2.24, 2.45) is 10.9 Å². The van der Waals surface area contributed by atoms with E-state index in [4.69, 9.17) is 4.74 Å². The molecule has 0 radical (unpaired) electrons. The summed E-state index contributed by atoms with van der Waals surface area (Å²) < 4.78 is 5.52. The maximum Gasteiger partial charge on any atom is 0.223 e. The van der Waals surface area contributed by atoms with Crippen LogP contribution in [-0.2, 0) is 9.53 Å². The van der Waals surface area contributed by atoms with Crippen LogP contribution in [0.1, 0.15) is 58.3 Å². The van der Waals surface area contributed by atoms with E-state index >= 15 is 0 Å². The molecule has 1 fully saturated rings. The van der Waals surface area contributed by atoms with E-state index in [0.29, 0.717) is 13.1 Å². The molecule has 1 aliphatic rings. The Balaban J connectivity index is 2.00. The summed E-state index contributed by atoms with van der Waals surface area (Å²) in [6.45, 7) is 5.95. The number of guanidine groups is 1. The van der Waals surface area contributed by atoms with Crippen LogP contribution >= 0.6 is 0 Å². The van der Waals surface area contributed by atoms with Crippen molar-refractivity contribution < 1.29 is 9.53 Å². The van der Waals surface area contributed by atoms with Crippen molar-refractivity contribution in [1.29, 1.82) is 0 Å². The molecule has 0 heterocycles. The smallest absolute Gasteiger partial charge is 0.223 e. The van der Waals surface area contributed by atoms with Gasteiger partial charge < -0.3 is 20.7 Å². The van der Waals surface area contributed by atoms with Crippen LogP contribution in [0.5, 0.6) is 0 Å². The minimum atomic E-state index is 0.212. The number of amides is 1. The van der Waals surface area contributed by atoms with Crippen LogP contribution in [0.25, 0.3) is 0 Å². The van der Waals surface area contributed by atoms with Gasteiger partial charge >= 0.3 is 0 Å². The van der Waals surface area contributed by atoms with Crippen LogP contribution in [0.2, 0.25) is 0 Å². The van der Waals surface area contributed by atoms with Crippen LogP contribution in [0.4, 0.5) is 0 Å². The summed E-state index contributed by atoms with van der Waals surface area (Å²) in [6.07, 6.45) is 9.00. The summed E-state index contributed by atoms with van der Waals surface area (Å²) in [5.41, 5.74) is 0. The van der Waals surface area contributed by atoms with Gasteiger partial charge in [0.15, 0.2) is 5.96 Å². The van der Waals surface area contributed by atoms with Crippen LogP contribution in [0.15, 0.2) is 4.99 Å². The van der Waals surface area contributed by atoms with Gasteiger partial charge in [-0.25, -0.2) is 0 Å². The van der Waals surface area contributed by atoms with Gasteiger partial charge in [-0.15, -0.1) is 0 Å². The van der Waals surface area contributed by atoms with Gasteiger partial charge in [-0.05, 0) is 25.7 Å². The molecule has 0 bridgehead atoms. The molecule has 0 aromatic rings. The SMILES string of the molecule is CCCCOCCCNC(=NC)NCCNC(=O)C1CCCCC1. The number of aliphatic imine (C=N–C) groups is 1. The van der Waals surface area contributed by atoms with Gasteiger partial charge in [0.05, 0.1) is 0 Å². The van der Waals surface area contributed by atoms with E-state index < -0.39 is 0 Å². The number of hydrogen-bond acceptors (Lipinski definition) is 3. The number of nitrogens with one attached hydrogen (secondary N) is 3. The quantitative estimate of drug-likeness (QED) is 0.306. The third-order valence-corrected chi connectivity index (χ3v) is 4.32. The van der Waals surface area contributed by atoms with E-state index in [2.05, 4.69) is 27.9 Å². The Labute approximate surface area is 147 Å². The third kappa shape index (κ3) is 9.75. The second-order valence-corrected chi connectivity index (χ2v) is 6.37. The molecule has 0 spiro atoms. The monoisotopic (exact) mass is 340 g/mol. The van der Waals surface area contributed by atoms with Gasteiger partial charge in [-0.1, -0.05) is 32.6 Å². The summed E-state index contributed by atoms with van der Waals surface area (Å²) in [4.78, 5) is 16.2. The van der Waals surface area contributed by atoms with E-state index in [1.54, 1.807) is 7.05 Å². The second kappa shape index (κ2) is 14.1. The minimum absolute atomic E-state index is 0.212. The topological polar surface area (TPSA) is 74.8 Å². The van der Waals surface area contributed by atoms with Gasteiger partial charge in [-0.3, -0.25) is 9.79 Å². The molecule has 1 amide bonds. The lowest BCUT2D eigenvalue weighted by Gasteiger charge is -2.21. The molecule has 1 aliphatic carbocycles. The Bertz CT molecular complexity index is 355. The van der Waals surface area contributed by atoms with Crippen LogP contribution < -0.4 is 16.0 Å². The summed E-state index contributed by atoms with van der Waals surface area (Å²) >= 11 is 0. The molecule has 0 saturated heterocycles. The highest BCUT2D eigenvalue weighted by Gasteiger charge is 2.20. The Morgan fingerprint density at radius 3 is 2.38 bits per heavy atom. The molecule has 3 N–H and O–H groups in total. The molecule has 6 nitrogen and oxygen atoms in total. The highest BCUT2D eigenvalue weighted by atomic mass is 16.5. The first-order chi connectivity index (χ1) is 11.8. The zero-order chi connectivity index (χ0) is 17.5. The van der Waals surface area contributed by atoms with Crippen LogP contribution in [-0.4, -0.2) is 51.8 Å². The molecule has 0 aromatic carbocycles. The molecule has 6 heteroatoms. The predicted octanol–water partition coefficient (Wildman–Crippen LogP) is 2.05. The average molecular weight is 341 g/mol. The standard InChI is InChI=1S/C18H36N4O2/c1-3-4-14-24-15-8-11-21-18(19-2)22-13-12-20-17(23)16-9-6-5-7-10-16/h16H,3-15H2,1-2H3,(H,20,23)(H2,19,21,22). The Hall–Kier alpha value is -1.30. The zero-order valence-corrected chi connectivity index (χ0v) is 15.5. The van der Waals surface area contributed by atoms with Gasteiger partial charge in [0.25, 0.3) is 0 Å². The number of ether oxygens (including phenoxy) is 1. The summed E-state index contributed by atoms with van der Waals surface area (Å²) in [7, 11) is 1.76. The third-order valence-electron chi connectivity index (χ3n) is 4.32. The first kappa shape index (κ1) is 20.7. The summed E-state index contributed by atoms with van der Waals surface area (Å²) in [5, 5.41) is 9.50. The molecule has 0 aromatic heterocycles. The average Bonchev–Trinajstić information content (AvgIpc) is 2.63. The summed E-state index contributed by atoms with van der Waals surface area (Å²) in [5.74, 6) is 1.21. The van der Waals surface area contributed by atoms with E-state index in [0.717, 1.165) is 51.4 Å². The highest BCUT2D eigenvalue weighted by molar-refractivity contribution is 5.80. The fourth-order valence-electron chi connectivity index (χ4n) is 2.83. The Morgan fingerprint density at radius 1 is 1.00 bits per heavy atom. The number of unbranched alkanes of at least 4 members (excludes halogenated alkanes) is 1. The molecule has 24 heavy (non-hydrogen) atoms.